The van der Waals surface area contributed by atoms with Crippen molar-refractivity contribution >= 4 is 17.5 Å². The van der Waals surface area contributed by atoms with Crippen LogP contribution in [0.3, 0.4) is 0 Å². The standard InChI is InChI=1S/C21H30N2O2/c1-2-6-19(24)23-18-11-9-17(10-12-18)21(13-14-21)20(25)22-15-16-7-4-3-5-8-16/h9-12,16H,2-8,13-15H2,1H3,(H,22,25)(H,23,24). The SMILES string of the molecule is CCCC(=O)Nc1ccc(C2(C(=O)NCC3CCCCC3)CC2)cc1. The highest BCUT2D eigenvalue weighted by Crippen LogP contribution is 2.48. The molecule has 0 unspecified atom stereocenters. The van der Waals surface area contributed by atoms with Crippen LogP contribution in [0.2, 0.25) is 0 Å². The van der Waals surface area contributed by atoms with Gasteiger partial charge in [-0.15, -0.1) is 0 Å². The van der Waals surface area contributed by atoms with E-state index in [1.807, 2.05) is 31.2 Å². The fourth-order valence-corrected chi connectivity index (χ4v) is 3.89. The summed E-state index contributed by atoms with van der Waals surface area (Å²) in [5.41, 5.74) is 1.54. The molecular formula is C21H30N2O2. The molecule has 1 aromatic carbocycles. The zero-order valence-electron chi connectivity index (χ0n) is 15.3. The summed E-state index contributed by atoms with van der Waals surface area (Å²) in [6.07, 6.45) is 9.67. The average molecular weight is 342 g/mol. The van der Waals surface area contributed by atoms with E-state index in [-0.39, 0.29) is 17.2 Å². The van der Waals surface area contributed by atoms with Gasteiger partial charge < -0.3 is 10.6 Å². The molecule has 25 heavy (non-hydrogen) atoms. The number of carbonyl (C=O) groups excluding carboxylic acids is 2. The van der Waals surface area contributed by atoms with Crippen LogP contribution < -0.4 is 10.6 Å². The number of nitrogens with one attached hydrogen (secondary N) is 2. The van der Waals surface area contributed by atoms with Crippen LogP contribution in [0.25, 0.3) is 0 Å². The van der Waals surface area contributed by atoms with E-state index >= 15 is 0 Å². The molecular weight excluding hydrogens is 312 g/mol. The number of anilines is 1. The third kappa shape index (κ3) is 4.42. The number of rotatable bonds is 7. The summed E-state index contributed by atoms with van der Waals surface area (Å²) in [6.45, 7) is 2.82. The second kappa shape index (κ2) is 8.03. The van der Waals surface area contributed by atoms with Gasteiger partial charge >= 0.3 is 0 Å². The lowest BCUT2D eigenvalue weighted by Gasteiger charge is -2.23. The predicted octanol–water partition coefficient (Wildman–Crippen LogP) is 4.15. The van der Waals surface area contributed by atoms with Crippen molar-refractivity contribution in [3.8, 4) is 0 Å². The maximum Gasteiger partial charge on any atom is 0.230 e. The van der Waals surface area contributed by atoms with E-state index in [9.17, 15) is 9.59 Å². The van der Waals surface area contributed by atoms with E-state index in [2.05, 4.69) is 10.6 Å². The monoisotopic (exact) mass is 342 g/mol. The van der Waals surface area contributed by atoms with Gasteiger partial charge in [-0.25, -0.2) is 0 Å². The lowest BCUT2D eigenvalue weighted by molar-refractivity contribution is -0.123. The Kier molecular flexibility index (Phi) is 5.77. The summed E-state index contributed by atoms with van der Waals surface area (Å²) < 4.78 is 0. The van der Waals surface area contributed by atoms with Gasteiger partial charge in [-0.1, -0.05) is 38.3 Å². The molecule has 2 aliphatic carbocycles. The molecule has 0 bridgehead atoms. The number of carbonyl (C=O) groups is 2. The first kappa shape index (κ1) is 18.0. The largest absolute Gasteiger partial charge is 0.355 e. The summed E-state index contributed by atoms with van der Waals surface area (Å²) in [6, 6.07) is 7.82. The first-order chi connectivity index (χ1) is 12.1. The molecule has 0 atom stereocenters. The Bertz CT molecular complexity index is 599. The Morgan fingerprint density at radius 3 is 2.36 bits per heavy atom. The van der Waals surface area contributed by atoms with Crippen molar-refractivity contribution in [1.82, 2.24) is 5.32 Å². The molecule has 1 aromatic rings. The molecule has 2 fully saturated rings. The van der Waals surface area contributed by atoms with E-state index < -0.39 is 0 Å². The number of benzene rings is 1. The smallest absolute Gasteiger partial charge is 0.230 e. The Morgan fingerprint density at radius 1 is 1.08 bits per heavy atom. The van der Waals surface area contributed by atoms with Crippen LogP contribution in [-0.4, -0.2) is 18.4 Å². The van der Waals surface area contributed by atoms with Crippen molar-refractivity contribution in [2.24, 2.45) is 5.92 Å². The molecule has 4 nitrogen and oxygen atoms in total. The third-order valence-electron chi connectivity index (χ3n) is 5.66. The van der Waals surface area contributed by atoms with Crippen molar-refractivity contribution in [1.29, 1.82) is 0 Å². The van der Waals surface area contributed by atoms with E-state index in [0.29, 0.717) is 12.3 Å². The molecule has 4 heteroatoms. The molecule has 3 rings (SSSR count). The van der Waals surface area contributed by atoms with E-state index in [1.165, 1.54) is 32.1 Å². The van der Waals surface area contributed by atoms with Gasteiger partial charge in [0.1, 0.15) is 0 Å². The van der Waals surface area contributed by atoms with Gasteiger partial charge in [0, 0.05) is 18.7 Å². The van der Waals surface area contributed by atoms with Crippen LogP contribution >= 0.6 is 0 Å². The second-order valence-corrected chi connectivity index (χ2v) is 7.67. The molecule has 2 aliphatic rings. The van der Waals surface area contributed by atoms with Crippen LogP contribution in [0, 0.1) is 5.92 Å². The molecule has 2 amide bonds. The second-order valence-electron chi connectivity index (χ2n) is 7.67. The lowest BCUT2D eigenvalue weighted by Crippen LogP contribution is -2.38. The normalized spacial score (nSPS) is 19.2. The van der Waals surface area contributed by atoms with Crippen LogP contribution in [0.4, 0.5) is 5.69 Å². The summed E-state index contributed by atoms with van der Waals surface area (Å²) in [4.78, 5) is 24.4. The minimum absolute atomic E-state index is 0.0432. The Morgan fingerprint density at radius 2 is 1.76 bits per heavy atom. The van der Waals surface area contributed by atoms with Crippen molar-refractivity contribution in [2.45, 2.75) is 70.1 Å². The molecule has 0 radical (unpaired) electrons. The van der Waals surface area contributed by atoms with Crippen LogP contribution in [0.15, 0.2) is 24.3 Å². The first-order valence-corrected chi connectivity index (χ1v) is 9.83. The molecule has 136 valence electrons. The van der Waals surface area contributed by atoms with Gasteiger partial charge in [0.15, 0.2) is 0 Å². The van der Waals surface area contributed by atoms with Gasteiger partial charge in [-0.3, -0.25) is 9.59 Å². The zero-order valence-corrected chi connectivity index (χ0v) is 15.3. The van der Waals surface area contributed by atoms with Crippen molar-refractivity contribution in [3.63, 3.8) is 0 Å². The maximum atomic E-state index is 12.7. The van der Waals surface area contributed by atoms with E-state index in [1.54, 1.807) is 0 Å². The van der Waals surface area contributed by atoms with Gasteiger partial charge in [-0.2, -0.15) is 0 Å². The van der Waals surface area contributed by atoms with Crippen LogP contribution in [0.5, 0.6) is 0 Å². The molecule has 2 N–H and O–H groups in total. The molecule has 0 aliphatic heterocycles. The molecule has 0 spiro atoms. The Hall–Kier alpha value is -1.84. The van der Waals surface area contributed by atoms with Gasteiger partial charge in [0.25, 0.3) is 0 Å². The fraction of sp³-hybridized carbons (Fsp3) is 0.619. The highest BCUT2D eigenvalue weighted by Gasteiger charge is 2.51. The lowest BCUT2D eigenvalue weighted by atomic mass is 9.88. The van der Waals surface area contributed by atoms with Crippen molar-refractivity contribution < 1.29 is 9.59 Å². The number of hydrogen-bond acceptors (Lipinski definition) is 2. The highest BCUT2D eigenvalue weighted by molar-refractivity contribution is 5.92. The average Bonchev–Trinajstić information content (AvgIpc) is 3.43. The third-order valence-corrected chi connectivity index (χ3v) is 5.66. The van der Waals surface area contributed by atoms with Gasteiger partial charge in [0.2, 0.25) is 11.8 Å². The Labute approximate surface area is 150 Å². The van der Waals surface area contributed by atoms with Gasteiger partial charge in [0.05, 0.1) is 5.41 Å². The van der Waals surface area contributed by atoms with Crippen molar-refractivity contribution in [2.75, 3.05) is 11.9 Å². The molecule has 0 aromatic heterocycles. The molecule has 0 heterocycles. The summed E-state index contributed by atoms with van der Waals surface area (Å²) in [5.74, 6) is 0.882. The molecule has 0 saturated heterocycles. The predicted molar refractivity (Wildman–Crippen MR) is 100 cm³/mol. The minimum Gasteiger partial charge on any atom is -0.355 e. The van der Waals surface area contributed by atoms with E-state index in [0.717, 1.165) is 37.1 Å². The summed E-state index contributed by atoms with van der Waals surface area (Å²) >= 11 is 0. The summed E-state index contributed by atoms with van der Waals surface area (Å²) in [5, 5.41) is 6.11. The van der Waals surface area contributed by atoms with Crippen LogP contribution in [0.1, 0.15) is 70.3 Å². The maximum absolute atomic E-state index is 12.7. The first-order valence-electron chi connectivity index (χ1n) is 9.83. The van der Waals surface area contributed by atoms with E-state index in [4.69, 9.17) is 0 Å². The molecule has 2 saturated carbocycles. The Balaban J connectivity index is 1.56. The number of amides is 2. The van der Waals surface area contributed by atoms with Crippen molar-refractivity contribution in [3.05, 3.63) is 29.8 Å². The zero-order chi connectivity index (χ0) is 17.7. The van der Waals surface area contributed by atoms with Gasteiger partial charge in [-0.05, 0) is 55.7 Å². The topological polar surface area (TPSA) is 58.2 Å². The fourth-order valence-electron chi connectivity index (χ4n) is 3.89. The highest BCUT2D eigenvalue weighted by atomic mass is 16.2. The summed E-state index contributed by atoms with van der Waals surface area (Å²) in [7, 11) is 0. The van der Waals surface area contributed by atoms with Crippen LogP contribution in [-0.2, 0) is 15.0 Å². The number of hydrogen-bond donors (Lipinski definition) is 2. The quantitative estimate of drug-likeness (QED) is 0.782. The minimum atomic E-state index is -0.333.